The predicted octanol–water partition coefficient (Wildman–Crippen LogP) is 2.50. The number of hydrogen-bond acceptors (Lipinski definition) is 5. The number of esters is 1. The summed E-state index contributed by atoms with van der Waals surface area (Å²) in [6, 6.07) is 2.77. The topological polar surface area (TPSA) is 78.7 Å². The second-order valence-electron chi connectivity index (χ2n) is 4.40. The molecule has 0 fully saturated rings. The van der Waals surface area contributed by atoms with E-state index in [1.54, 1.807) is 19.9 Å². The highest BCUT2D eigenvalue weighted by Crippen LogP contribution is 2.43. The molecule has 0 N–H and O–H groups in total. The van der Waals surface area contributed by atoms with Crippen LogP contribution in [0, 0.1) is 10.1 Å². The van der Waals surface area contributed by atoms with Gasteiger partial charge in [0, 0.05) is 23.1 Å². The molecule has 1 aromatic rings. The number of carbonyl (C=O) groups excluding carboxylic acids is 1. The molecule has 2 rings (SSSR count). The van der Waals surface area contributed by atoms with Gasteiger partial charge in [-0.1, -0.05) is 11.6 Å². The second kappa shape index (κ2) is 4.70. The molecule has 0 saturated heterocycles. The Bertz CT molecular complexity index is 559. The van der Waals surface area contributed by atoms with Crippen LogP contribution in [0.1, 0.15) is 19.4 Å². The SMILES string of the molecule is CCOC(=O)C1(C)Cc2cc(Cl)cc([N+](=O)[O-])c2O1. The van der Waals surface area contributed by atoms with Gasteiger partial charge in [-0.3, -0.25) is 10.1 Å². The van der Waals surface area contributed by atoms with Gasteiger partial charge in [-0.05, 0) is 19.9 Å². The van der Waals surface area contributed by atoms with Gasteiger partial charge in [0.25, 0.3) is 0 Å². The van der Waals surface area contributed by atoms with Gasteiger partial charge in [0.15, 0.2) is 0 Å². The summed E-state index contributed by atoms with van der Waals surface area (Å²) in [5, 5.41) is 11.2. The van der Waals surface area contributed by atoms with Crippen molar-refractivity contribution in [3.05, 3.63) is 32.8 Å². The zero-order valence-corrected chi connectivity index (χ0v) is 11.2. The van der Waals surface area contributed by atoms with Gasteiger partial charge in [0.1, 0.15) is 0 Å². The van der Waals surface area contributed by atoms with Crippen molar-refractivity contribution in [1.29, 1.82) is 0 Å². The first-order valence-electron chi connectivity index (χ1n) is 5.70. The lowest BCUT2D eigenvalue weighted by Crippen LogP contribution is -2.41. The van der Waals surface area contributed by atoms with Crippen molar-refractivity contribution in [2.75, 3.05) is 6.61 Å². The average molecular weight is 286 g/mol. The summed E-state index contributed by atoms with van der Waals surface area (Å²) in [5.41, 5.74) is -0.946. The van der Waals surface area contributed by atoms with Crippen molar-refractivity contribution in [3.63, 3.8) is 0 Å². The first kappa shape index (κ1) is 13.6. The Labute approximate surface area is 114 Å². The quantitative estimate of drug-likeness (QED) is 0.484. The summed E-state index contributed by atoms with van der Waals surface area (Å²) < 4.78 is 10.4. The van der Waals surface area contributed by atoms with E-state index in [0.29, 0.717) is 5.56 Å². The lowest BCUT2D eigenvalue weighted by atomic mass is 9.99. The summed E-state index contributed by atoms with van der Waals surface area (Å²) in [6.45, 7) is 3.45. The van der Waals surface area contributed by atoms with Crippen molar-refractivity contribution in [2.24, 2.45) is 0 Å². The van der Waals surface area contributed by atoms with Crippen LogP contribution in [-0.4, -0.2) is 23.1 Å². The van der Waals surface area contributed by atoms with Crippen LogP contribution in [0.4, 0.5) is 5.69 Å². The van der Waals surface area contributed by atoms with E-state index in [0.717, 1.165) is 0 Å². The minimum atomic E-state index is -1.24. The minimum Gasteiger partial charge on any atom is -0.468 e. The molecule has 0 aliphatic carbocycles. The summed E-state index contributed by atoms with van der Waals surface area (Å²) >= 11 is 5.83. The van der Waals surface area contributed by atoms with E-state index < -0.39 is 16.5 Å². The van der Waals surface area contributed by atoms with Crippen LogP contribution in [0.15, 0.2) is 12.1 Å². The van der Waals surface area contributed by atoms with E-state index in [4.69, 9.17) is 21.1 Å². The van der Waals surface area contributed by atoms with Gasteiger partial charge >= 0.3 is 11.7 Å². The summed E-state index contributed by atoms with van der Waals surface area (Å²) in [7, 11) is 0. The maximum Gasteiger partial charge on any atom is 0.350 e. The third-order valence-electron chi connectivity index (χ3n) is 2.87. The van der Waals surface area contributed by atoms with Crippen LogP contribution in [0.25, 0.3) is 0 Å². The Hall–Kier alpha value is -1.82. The Kier molecular flexibility index (Phi) is 3.36. The summed E-state index contributed by atoms with van der Waals surface area (Å²) in [5.74, 6) is -0.457. The highest BCUT2D eigenvalue weighted by Gasteiger charge is 2.46. The van der Waals surface area contributed by atoms with E-state index >= 15 is 0 Å². The van der Waals surface area contributed by atoms with Gasteiger partial charge in [0.2, 0.25) is 11.4 Å². The second-order valence-corrected chi connectivity index (χ2v) is 4.84. The van der Waals surface area contributed by atoms with Crippen molar-refractivity contribution >= 4 is 23.3 Å². The number of rotatable bonds is 3. The Morgan fingerprint density at radius 3 is 2.89 bits per heavy atom. The Balaban J connectivity index is 2.41. The lowest BCUT2D eigenvalue weighted by Gasteiger charge is -2.20. The molecule has 0 radical (unpaired) electrons. The van der Waals surface area contributed by atoms with Gasteiger partial charge < -0.3 is 9.47 Å². The molecular formula is C12H12ClNO5. The molecule has 1 unspecified atom stereocenters. The molecule has 1 aromatic carbocycles. The molecule has 1 heterocycles. The van der Waals surface area contributed by atoms with Gasteiger partial charge in [-0.2, -0.15) is 0 Å². The molecule has 19 heavy (non-hydrogen) atoms. The fourth-order valence-corrected chi connectivity index (χ4v) is 2.28. The first-order chi connectivity index (χ1) is 8.87. The number of carbonyl (C=O) groups is 1. The van der Waals surface area contributed by atoms with Crippen LogP contribution in [0.2, 0.25) is 5.02 Å². The summed E-state index contributed by atoms with van der Waals surface area (Å²) in [6.07, 6.45) is 0.197. The minimum absolute atomic E-state index is 0.0879. The molecule has 102 valence electrons. The van der Waals surface area contributed by atoms with Crippen molar-refractivity contribution in [1.82, 2.24) is 0 Å². The molecule has 0 amide bonds. The van der Waals surface area contributed by atoms with Crippen LogP contribution in [-0.2, 0) is 16.0 Å². The molecule has 0 bridgehead atoms. The smallest absolute Gasteiger partial charge is 0.350 e. The van der Waals surface area contributed by atoms with Gasteiger partial charge in [-0.25, -0.2) is 4.79 Å². The zero-order chi connectivity index (χ0) is 14.2. The van der Waals surface area contributed by atoms with E-state index in [1.165, 1.54) is 6.07 Å². The molecular weight excluding hydrogens is 274 g/mol. The molecule has 6 nitrogen and oxygen atoms in total. The number of benzene rings is 1. The van der Waals surface area contributed by atoms with E-state index in [-0.39, 0.29) is 29.5 Å². The number of nitrogens with zero attached hydrogens (tertiary/aromatic N) is 1. The summed E-state index contributed by atoms with van der Waals surface area (Å²) in [4.78, 5) is 22.2. The molecule has 7 heteroatoms. The third kappa shape index (κ3) is 2.35. The first-order valence-corrected chi connectivity index (χ1v) is 6.08. The number of nitro groups is 1. The number of nitro benzene ring substituents is 1. The highest BCUT2D eigenvalue weighted by molar-refractivity contribution is 6.31. The number of hydrogen-bond donors (Lipinski definition) is 0. The van der Waals surface area contributed by atoms with Crippen LogP contribution >= 0.6 is 11.6 Å². The van der Waals surface area contributed by atoms with Crippen LogP contribution < -0.4 is 4.74 Å². The van der Waals surface area contributed by atoms with E-state index in [1.807, 2.05) is 0 Å². The van der Waals surface area contributed by atoms with E-state index in [2.05, 4.69) is 0 Å². The van der Waals surface area contributed by atoms with Crippen LogP contribution in [0.5, 0.6) is 5.75 Å². The Morgan fingerprint density at radius 1 is 1.63 bits per heavy atom. The fraction of sp³-hybridized carbons (Fsp3) is 0.417. The van der Waals surface area contributed by atoms with Crippen LogP contribution in [0.3, 0.4) is 0 Å². The monoisotopic (exact) mass is 285 g/mol. The number of halogens is 1. The van der Waals surface area contributed by atoms with Crippen molar-refractivity contribution in [2.45, 2.75) is 25.9 Å². The number of fused-ring (bicyclic) bond motifs is 1. The van der Waals surface area contributed by atoms with Crippen molar-refractivity contribution < 1.29 is 19.2 Å². The molecule has 1 aliphatic heterocycles. The Morgan fingerprint density at radius 2 is 2.32 bits per heavy atom. The van der Waals surface area contributed by atoms with E-state index in [9.17, 15) is 14.9 Å². The zero-order valence-electron chi connectivity index (χ0n) is 10.4. The number of ether oxygens (including phenoxy) is 2. The maximum atomic E-state index is 11.9. The molecule has 1 atom stereocenters. The standard InChI is InChI=1S/C12H12ClNO5/c1-3-18-11(15)12(2)6-7-4-8(13)5-9(14(16)17)10(7)19-12/h4-5H,3,6H2,1-2H3. The molecule has 0 saturated carbocycles. The predicted molar refractivity (Wildman–Crippen MR) is 67.5 cm³/mol. The average Bonchev–Trinajstić information content (AvgIpc) is 2.65. The lowest BCUT2D eigenvalue weighted by molar-refractivity contribution is -0.386. The highest BCUT2D eigenvalue weighted by atomic mass is 35.5. The molecule has 0 aromatic heterocycles. The van der Waals surface area contributed by atoms with Crippen molar-refractivity contribution in [3.8, 4) is 5.75 Å². The largest absolute Gasteiger partial charge is 0.468 e. The van der Waals surface area contributed by atoms with Gasteiger partial charge in [-0.15, -0.1) is 0 Å². The maximum absolute atomic E-state index is 11.9. The normalized spacial score (nSPS) is 20.6. The molecule has 1 aliphatic rings. The fourth-order valence-electron chi connectivity index (χ4n) is 2.04. The van der Waals surface area contributed by atoms with Gasteiger partial charge in [0.05, 0.1) is 11.5 Å². The molecule has 0 spiro atoms. The third-order valence-corrected chi connectivity index (χ3v) is 3.09.